The van der Waals surface area contributed by atoms with Crippen molar-refractivity contribution in [2.24, 2.45) is 5.92 Å². The lowest BCUT2D eigenvalue weighted by molar-refractivity contribution is -0.120. The van der Waals surface area contributed by atoms with Gasteiger partial charge in [-0.15, -0.1) is 0 Å². The maximum absolute atomic E-state index is 13.2. The second kappa shape index (κ2) is 3.95. The number of fused-ring (bicyclic) bond motifs is 5. The number of hydrogen-bond donors (Lipinski definition) is 0. The van der Waals surface area contributed by atoms with E-state index in [2.05, 4.69) is 0 Å². The number of hydrogen-bond acceptors (Lipinski definition) is 2. The minimum Gasteiger partial charge on any atom is -0.309 e. The fourth-order valence-electron chi connectivity index (χ4n) is 3.78. The molecule has 0 radical (unpaired) electrons. The summed E-state index contributed by atoms with van der Waals surface area (Å²) in [5, 5.41) is -0.0851. The number of rotatable bonds is 1. The van der Waals surface area contributed by atoms with E-state index in [0.717, 1.165) is 24.2 Å². The Bertz CT molecular complexity index is 608. The summed E-state index contributed by atoms with van der Waals surface area (Å²) in [5.41, 5.74) is 0.347. The van der Waals surface area contributed by atoms with Gasteiger partial charge in [-0.1, -0.05) is 11.6 Å². The van der Waals surface area contributed by atoms with Crippen LogP contribution in [-0.2, 0) is 4.79 Å². The van der Waals surface area contributed by atoms with Gasteiger partial charge in [0.1, 0.15) is 11.9 Å². The Labute approximate surface area is 120 Å². The normalized spacial score (nSPS) is 31.4. The summed E-state index contributed by atoms with van der Waals surface area (Å²) >= 11 is 5.74. The molecule has 3 aliphatic rings. The molecule has 2 heterocycles. The van der Waals surface area contributed by atoms with Crippen LogP contribution >= 0.6 is 11.6 Å². The number of halogens is 2. The first-order valence-electron chi connectivity index (χ1n) is 6.69. The Kier molecular flexibility index (Phi) is 2.40. The Morgan fingerprint density at radius 1 is 1.25 bits per heavy atom. The minimum atomic E-state index is -0.560. The molecule has 0 spiro atoms. The molecule has 0 aromatic heterocycles. The number of carbonyl (C=O) groups is 2. The largest absolute Gasteiger partial charge is 0.332 e. The Balaban J connectivity index is 1.74. The van der Waals surface area contributed by atoms with Crippen molar-refractivity contribution in [3.05, 3.63) is 29.0 Å². The average Bonchev–Trinajstić information content (AvgIpc) is 3.08. The first-order chi connectivity index (χ1) is 9.58. The van der Waals surface area contributed by atoms with Crippen LogP contribution in [0.3, 0.4) is 0 Å². The second-order valence-corrected chi connectivity index (χ2v) is 6.04. The van der Waals surface area contributed by atoms with Crippen LogP contribution in [0.25, 0.3) is 0 Å². The third-order valence-electron chi connectivity index (χ3n) is 4.63. The first-order valence-corrected chi connectivity index (χ1v) is 7.07. The highest BCUT2D eigenvalue weighted by molar-refractivity contribution is 6.31. The molecule has 104 valence electrons. The van der Waals surface area contributed by atoms with Crippen LogP contribution in [0.5, 0.6) is 0 Å². The fourth-order valence-corrected chi connectivity index (χ4v) is 3.96. The molecule has 3 amide bonds. The smallest absolute Gasteiger partial charge is 0.309 e. The van der Waals surface area contributed by atoms with Crippen LogP contribution in [0.1, 0.15) is 19.3 Å². The van der Waals surface area contributed by atoms with Gasteiger partial charge in [-0.05, 0) is 43.4 Å². The molecule has 0 N–H and O–H groups in total. The number of benzene rings is 1. The molecule has 3 atom stereocenters. The predicted molar refractivity (Wildman–Crippen MR) is 71.0 cm³/mol. The summed E-state index contributed by atoms with van der Waals surface area (Å²) in [4.78, 5) is 27.8. The Morgan fingerprint density at radius 3 is 2.75 bits per heavy atom. The summed E-state index contributed by atoms with van der Waals surface area (Å²) in [6.07, 6.45) is 2.90. The number of anilines is 1. The van der Waals surface area contributed by atoms with Gasteiger partial charge in [0, 0.05) is 6.04 Å². The molecule has 1 aliphatic carbocycles. The van der Waals surface area contributed by atoms with Gasteiger partial charge < -0.3 is 4.90 Å². The number of nitrogens with zero attached hydrogens (tertiary/aromatic N) is 2. The Hall–Kier alpha value is -1.62. The topological polar surface area (TPSA) is 40.6 Å². The molecule has 1 aromatic rings. The lowest BCUT2D eigenvalue weighted by Crippen LogP contribution is -2.40. The van der Waals surface area contributed by atoms with E-state index in [1.807, 2.05) is 0 Å². The molecule has 4 nitrogen and oxygen atoms in total. The zero-order valence-electron chi connectivity index (χ0n) is 10.6. The third-order valence-corrected chi connectivity index (χ3v) is 4.92. The zero-order chi connectivity index (χ0) is 14.0. The zero-order valence-corrected chi connectivity index (χ0v) is 11.3. The van der Waals surface area contributed by atoms with Gasteiger partial charge in [-0.3, -0.25) is 4.79 Å². The van der Waals surface area contributed by atoms with E-state index >= 15 is 0 Å². The monoisotopic (exact) mass is 294 g/mol. The summed E-state index contributed by atoms with van der Waals surface area (Å²) in [5.74, 6) is -0.489. The van der Waals surface area contributed by atoms with E-state index in [0.29, 0.717) is 5.69 Å². The van der Waals surface area contributed by atoms with Crippen molar-refractivity contribution >= 4 is 29.2 Å². The van der Waals surface area contributed by atoms with Crippen LogP contribution in [0, 0.1) is 11.7 Å². The van der Waals surface area contributed by atoms with Crippen molar-refractivity contribution in [3.63, 3.8) is 0 Å². The van der Waals surface area contributed by atoms with Gasteiger partial charge in [0.15, 0.2) is 0 Å². The van der Waals surface area contributed by atoms with Crippen molar-refractivity contribution in [1.82, 2.24) is 4.90 Å². The van der Waals surface area contributed by atoms with E-state index in [-0.39, 0.29) is 35.0 Å². The van der Waals surface area contributed by atoms with Crippen LogP contribution in [0.4, 0.5) is 14.9 Å². The molecular formula is C14H12ClFN2O2. The van der Waals surface area contributed by atoms with Gasteiger partial charge in [-0.25, -0.2) is 14.1 Å². The molecule has 3 fully saturated rings. The lowest BCUT2D eigenvalue weighted by atomic mass is 9.99. The van der Waals surface area contributed by atoms with Crippen LogP contribution in [-0.4, -0.2) is 28.9 Å². The van der Waals surface area contributed by atoms with E-state index in [9.17, 15) is 14.0 Å². The van der Waals surface area contributed by atoms with Crippen LogP contribution < -0.4 is 4.90 Å². The molecule has 4 rings (SSSR count). The van der Waals surface area contributed by atoms with Crippen molar-refractivity contribution in [2.45, 2.75) is 31.3 Å². The van der Waals surface area contributed by atoms with Gasteiger partial charge >= 0.3 is 6.03 Å². The maximum Gasteiger partial charge on any atom is 0.332 e. The van der Waals surface area contributed by atoms with E-state index in [1.165, 1.54) is 18.2 Å². The van der Waals surface area contributed by atoms with Crippen molar-refractivity contribution in [1.29, 1.82) is 0 Å². The number of carbonyl (C=O) groups excluding carboxylic acids is 2. The number of amides is 3. The summed E-state index contributed by atoms with van der Waals surface area (Å²) < 4.78 is 13.2. The standard InChI is InChI=1S/C14H12ClFN2O2/c15-10-6-9(3-4-11(10)16)18-13(19)12-7-1-2-8(5-7)17(12)14(18)20/h3-4,6-8,12H,1-2,5H2/t7-,8+,12-/m1/s1. The van der Waals surface area contributed by atoms with Crippen molar-refractivity contribution in [2.75, 3.05) is 4.90 Å². The summed E-state index contributed by atoms with van der Waals surface area (Å²) in [6, 6.07) is 3.48. The molecule has 6 heteroatoms. The fraction of sp³-hybridized carbons (Fsp3) is 0.429. The molecule has 2 bridgehead atoms. The van der Waals surface area contributed by atoms with Gasteiger partial charge in [0.2, 0.25) is 0 Å². The van der Waals surface area contributed by atoms with E-state index in [1.54, 1.807) is 4.90 Å². The average molecular weight is 295 g/mol. The summed E-state index contributed by atoms with van der Waals surface area (Å²) in [6.45, 7) is 0. The summed E-state index contributed by atoms with van der Waals surface area (Å²) in [7, 11) is 0. The van der Waals surface area contributed by atoms with Crippen LogP contribution in [0.15, 0.2) is 18.2 Å². The number of urea groups is 1. The molecule has 2 aliphatic heterocycles. The third kappa shape index (κ3) is 1.41. The first kappa shape index (κ1) is 12.1. The molecule has 2 saturated heterocycles. The molecule has 20 heavy (non-hydrogen) atoms. The van der Waals surface area contributed by atoms with E-state index < -0.39 is 5.82 Å². The molecular weight excluding hydrogens is 283 g/mol. The number of piperidine rings is 1. The van der Waals surface area contributed by atoms with Gasteiger partial charge in [-0.2, -0.15) is 0 Å². The Morgan fingerprint density at radius 2 is 2.05 bits per heavy atom. The van der Waals surface area contributed by atoms with Crippen LogP contribution in [0.2, 0.25) is 5.02 Å². The number of imide groups is 1. The predicted octanol–water partition coefficient (Wildman–Crippen LogP) is 2.80. The molecule has 0 unspecified atom stereocenters. The second-order valence-electron chi connectivity index (χ2n) is 5.63. The SMILES string of the molecule is O=C1[C@H]2[C@@H]3CC[C@@H](C3)N2C(=O)N1c1ccc(F)c(Cl)c1. The molecule has 1 aromatic carbocycles. The highest BCUT2D eigenvalue weighted by Crippen LogP contribution is 2.47. The van der Waals surface area contributed by atoms with Gasteiger partial charge in [0.25, 0.3) is 5.91 Å². The lowest BCUT2D eigenvalue weighted by Gasteiger charge is -2.25. The van der Waals surface area contributed by atoms with Crippen molar-refractivity contribution < 1.29 is 14.0 Å². The van der Waals surface area contributed by atoms with E-state index in [4.69, 9.17) is 11.6 Å². The quantitative estimate of drug-likeness (QED) is 0.747. The van der Waals surface area contributed by atoms with Crippen molar-refractivity contribution in [3.8, 4) is 0 Å². The highest BCUT2D eigenvalue weighted by atomic mass is 35.5. The molecule has 1 saturated carbocycles. The highest BCUT2D eigenvalue weighted by Gasteiger charge is 2.59. The maximum atomic E-state index is 13.2. The minimum absolute atomic E-state index is 0.0851. The van der Waals surface area contributed by atoms with Gasteiger partial charge in [0.05, 0.1) is 10.7 Å².